The molecule has 2 aromatic rings. The molecule has 0 atom stereocenters. The molecule has 2 aliphatic rings. The van der Waals surface area contributed by atoms with E-state index in [1.54, 1.807) is 0 Å². The molecule has 0 radical (unpaired) electrons. The zero-order chi connectivity index (χ0) is 14.6. The lowest BCUT2D eigenvalue weighted by Crippen LogP contribution is -2.06. The molecular formula is C17H21N3O. The first-order valence-corrected chi connectivity index (χ1v) is 7.79. The SMILES string of the molecule is CC(C)c1nc(-c2ccc3c(c2)CCO3)c(N)n1C1CC1. The molecule has 1 aliphatic carbocycles. The average molecular weight is 283 g/mol. The maximum Gasteiger partial charge on any atom is 0.132 e. The molecule has 110 valence electrons. The van der Waals surface area contributed by atoms with Gasteiger partial charge in [-0.05, 0) is 36.6 Å². The Balaban J connectivity index is 1.83. The van der Waals surface area contributed by atoms with Crippen LogP contribution in [0.1, 0.15) is 50.0 Å². The van der Waals surface area contributed by atoms with E-state index < -0.39 is 0 Å². The standard InChI is InChI=1S/C17H21N3O/c1-10(2)17-19-15(16(18)20(17)13-4-5-13)12-3-6-14-11(9-12)7-8-21-14/h3,6,9-10,13H,4-5,7-8,18H2,1-2H3. The fraction of sp³-hybridized carbons (Fsp3) is 0.471. The first-order valence-electron chi connectivity index (χ1n) is 7.79. The second-order valence-electron chi connectivity index (χ2n) is 6.38. The molecule has 0 unspecified atom stereocenters. The lowest BCUT2D eigenvalue weighted by Gasteiger charge is -2.10. The number of anilines is 1. The van der Waals surface area contributed by atoms with E-state index >= 15 is 0 Å². The van der Waals surface area contributed by atoms with Crippen molar-refractivity contribution in [3.05, 3.63) is 29.6 Å². The highest BCUT2D eigenvalue weighted by Gasteiger charge is 2.31. The predicted molar refractivity (Wildman–Crippen MR) is 83.6 cm³/mol. The molecule has 0 amide bonds. The highest BCUT2D eigenvalue weighted by molar-refractivity contribution is 5.73. The minimum absolute atomic E-state index is 0.388. The topological polar surface area (TPSA) is 53.1 Å². The second-order valence-corrected chi connectivity index (χ2v) is 6.38. The third kappa shape index (κ3) is 2.01. The Bertz CT molecular complexity index is 698. The number of nitrogens with two attached hydrogens (primary N) is 1. The van der Waals surface area contributed by atoms with Crippen LogP contribution in [-0.2, 0) is 6.42 Å². The zero-order valence-corrected chi connectivity index (χ0v) is 12.6. The van der Waals surface area contributed by atoms with E-state index in [2.05, 4.69) is 30.5 Å². The number of aromatic nitrogens is 2. The summed E-state index contributed by atoms with van der Waals surface area (Å²) < 4.78 is 7.83. The largest absolute Gasteiger partial charge is 0.493 e. The highest BCUT2D eigenvalue weighted by atomic mass is 16.5. The van der Waals surface area contributed by atoms with E-state index in [4.69, 9.17) is 15.5 Å². The quantitative estimate of drug-likeness (QED) is 0.937. The van der Waals surface area contributed by atoms with Gasteiger partial charge in [0.05, 0.1) is 6.61 Å². The molecule has 4 rings (SSSR count). The van der Waals surface area contributed by atoms with Gasteiger partial charge in [0.15, 0.2) is 0 Å². The van der Waals surface area contributed by atoms with Crippen molar-refractivity contribution in [2.45, 2.75) is 45.1 Å². The summed E-state index contributed by atoms with van der Waals surface area (Å²) >= 11 is 0. The number of ether oxygens (including phenoxy) is 1. The molecule has 1 aliphatic heterocycles. The van der Waals surface area contributed by atoms with Gasteiger partial charge in [-0.25, -0.2) is 4.98 Å². The van der Waals surface area contributed by atoms with Crippen LogP contribution in [-0.4, -0.2) is 16.2 Å². The van der Waals surface area contributed by atoms with Crippen LogP contribution in [0.5, 0.6) is 5.75 Å². The van der Waals surface area contributed by atoms with Gasteiger partial charge in [-0.1, -0.05) is 13.8 Å². The summed E-state index contributed by atoms with van der Waals surface area (Å²) in [5.74, 6) is 3.32. The molecule has 0 bridgehead atoms. The summed E-state index contributed by atoms with van der Waals surface area (Å²) in [5, 5.41) is 0. The average Bonchev–Trinajstić information content (AvgIpc) is 3.08. The van der Waals surface area contributed by atoms with Crippen LogP contribution in [0.3, 0.4) is 0 Å². The van der Waals surface area contributed by atoms with Crippen LogP contribution in [0, 0.1) is 0 Å². The molecule has 21 heavy (non-hydrogen) atoms. The van der Waals surface area contributed by atoms with Crippen LogP contribution in [0.4, 0.5) is 5.82 Å². The molecule has 1 aromatic heterocycles. The van der Waals surface area contributed by atoms with Gasteiger partial charge in [0, 0.05) is 23.9 Å². The molecule has 1 aromatic carbocycles. The Hall–Kier alpha value is -1.97. The fourth-order valence-corrected chi connectivity index (χ4v) is 3.13. The van der Waals surface area contributed by atoms with Gasteiger partial charge >= 0.3 is 0 Å². The summed E-state index contributed by atoms with van der Waals surface area (Å²) in [6.45, 7) is 5.14. The molecule has 2 N–H and O–H groups in total. The van der Waals surface area contributed by atoms with Crippen molar-refractivity contribution in [2.24, 2.45) is 0 Å². The number of nitrogens with zero attached hydrogens (tertiary/aromatic N) is 2. The van der Waals surface area contributed by atoms with Crippen LogP contribution in [0.25, 0.3) is 11.3 Å². The van der Waals surface area contributed by atoms with Crippen LogP contribution in [0.15, 0.2) is 18.2 Å². The Labute approximate surface area is 124 Å². The minimum Gasteiger partial charge on any atom is -0.493 e. The second kappa shape index (κ2) is 4.52. The van der Waals surface area contributed by atoms with Gasteiger partial charge in [-0.3, -0.25) is 0 Å². The monoisotopic (exact) mass is 283 g/mol. The summed E-state index contributed by atoms with van der Waals surface area (Å²) in [6.07, 6.45) is 3.42. The Morgan fingerprint density at radius 3 is 2.86 bits per heavy atom. The number of hydrogen-bond donors (Lipinski definition) is 1. The lowest BCUT2D eigenvalue weighted by atomic mass is 10.1. The van der Waals surface area contributed by atoms with Crippen molar-refractivity contribution in [3.8, 4) is 17.0 Å². The van der Waals surface area contributed by atoms with Crippen molar-refractivity contribution >= 4 is 5.82 Å². The van der Waals surface area contributed by atoms with Gasteiger partial charge in [0.25, 0.3) is 0 Å². The summed E-state index contributed by atoms with van der Waals surface area (Å²) in [5.41, 5.74) is 9.73. The number of benzene rings is 1. The minimum atomic E-state index is 0.388. The van der Waals surface area contributed by atoms with Gasteiger partial charge < -0.3 is 15.0 Å². The van der Waals surface area contributed by atoms with E-state index in [0.29, 0.717) is 12.0 Å². The Kier molecular flexibility index (Phi) is 2.74. The van der Waals surface area contributed by atoms with E-state index in [9.17, 15) is 0 Å². The Morgan fingerprint density at radius 1 is 1.33 bits per heavy atom. The van der Waals surface area contributed by atoms with E-state index in [0.717, 1.165) is 41.7 Å². The highest BCUT2D eigenvalue weighted by Crippen LogP contribution is 2.43. The van der Waals surface area contributed by atoms with E-state index in [-0.39, 0.29) is 0 Å². The van der Waals surface area contributed by atoms with Gasteiger partial charge in [-0.15, -0.1) is 0 Å². The first kappa shape index (κ1) is 12.7. The fourth-order valence-electron chi connectivity index (χ4n) is 3.13. The molecule has 0 saturated heterocycles. The number of imidazole rings is 1. The lowest BCUT2D eigenvalue weighted by molar-refractivity contribution is 0.357. The van der Waals surface area contributed by atoms with Crippen molar-refractivity contribution in [3.63, 3.8) is 0 Å². The molecular weight excluding hydrogens is 262 g/mol. The van der Waals surface area contributed by atoms with Gasteiger partial charge in [0.1, 0.15) is 23.1 Å². The normalized spacial score (nSPS) is 17.1. The molecule has 1 saturated carbocycles. The molecule has 1 fully saturated rings. The smallest absolute Gasteiger partial charge is 0.132 e. The van der Waals surface area contributed by atoms with Crippen molar-refractivity contribution in [2.75, 3.05) is 12.3 Å². The molecule has 0 spiro atoms. The summed E-state index contributed by atoms with van der Waals surface area (Å²) in [4.78, 5) is 4.86. The van der Waals surface area contributed by atoms with Crippen molar-refractivity contribution in [1.29, 1.82) is 0 Å². The summed E-state index contributed by atoms with van der Waals surface area (Å²) in [6, 6.07) is 6.86. The molecule has 4 nitrogen and oxygen atoms in total. The van der Waals surface area contributed by atoms with Crippen molar-refractivity contribution in [1.82, 2.24) is 9.55 Å². The van der Waals surface area contributed by atoms with E-state index in [1.165, 1.54) is 18.4 Å². The number of fused-ring (bicyclic) bond motifs is 1. The third-order valence-electron chi connectivity index (χ3n) is 4.37. The van der Waals surface area contributed by atoms with Gasteiger partial charge in [0.2, 0.25) is 0 Å². The predicted octanol–water partition coefficient (Wildman–Crippen LogP) is 3.53. The van der Waals surface area contributed by atoms with Crippen LogP contribution < -0.4 is 10.5 Å². The molecule has 2 heterocycles. The zero-order valence-electron chi connectivity index (χ0n) is 12.6. The van der Waals surface area contributed by atoms with Crippen molar-refractivity contribution < 1.29 is 4.74 Å². The van der Waals surface area contributed by atoms with E-state index in [1.807, 2.05) is 6.07 Å². The van der Waals surface area contributed by atoms with Crippen LogP contribution in [0.2, 0.25) is 0 Å². The molecule has 4 heteroatoms. The number of rotatable bonds is 3. The first-order chi connectivity index (χ1) is 10.1. The maximum absolute atomic E-state index is 6.43. The Morgan fingerprint density at radius 2 is 2.14 bits per heavy atom. The van der Waals surface area contributed by atoms with Crippen LogP contribution >= 0.6 is 0 Å². The number of nitrogen functional groups attached to an aromatic ring is 1. The number of hydrogen-bond acceptors (Lipinski definition) is 3. The summed E-state index contributed by atoms with van der Waals surface area (Å²) in [7, 11) is 0. The third-order valence-corrected chi connectivity index (χ3v) is 4.37. The maximum atomic E-state index is 6.43. The van der Waals surface area contributed by atoms with Gasteiger partial charge in [-0.2, -0.15) is 0 Å².